The lowest BCUT2D eigenvalue weighted by molar-refractivity contribution is -0.145. The highest BCUT2D eigenvalue weighted by Gasteiger charge is 2.57. The number of nitrogens with zero attached hydrogens (tertiary/aromatic N) is 3. The van der Waals surface area contributed by atoms with Crippen molar-refractivity contribution >= 4 is 35.6 Å². The van der Waals surface area contributed by atoms with Gasteiger partial charge in [0, 0.05) is 22.3 Å². The van der Waals surface area contributed by atoms with Crippen LogP contribution in [0.25, 0.3) is 0 Å². The highest BCUT2D eigenvalue weighted by molar-refractivity contribution is 6.21. The van der Waals surface area contributed by atoms with E-state index in [1.807, 2.05) is 42.5 Å². The van der Waals surface area contributed by atoms with E-state index in [0.29, 0.717) is 16.7 Å². The van der Waals surface area contributed by atoms with Gasteiger partial charge in [-0.25, -0.2) is 9.59 Å². The Hall–Kier alpha value is -6.88. The minimum atomic E-state index is -1.58. The van der Waals surface area contributed by atoms with Crippen LogP contribution in [0.5, 0.6) is 0 Å². The Morgan fingerprint density at radius 3 is 1.50 bits per heavy atom. The molecule has 5 aromatic carbocycles. The molecule has 8 rings (SSSR count). The largest absolute Gasteiger partial charge is 0.435 e. The van der Waals surface area contributed by atoms with Crippen molar-refractivity contribution < 1.29 is 38.2 Å². The number of imide groups is 1. The van der Waals surface area contributed by atoms with Crippen molar-refractivity contribution in [3.63, 3.8) is 0 Å². The van der Waals surface area contributed by atoms with Gasteiger partial charge in [-0.05, 0) is 50.2 Å². The van der Waals surface area contributed by atoms with Crippen LogP contribution < -0.4 is 0 Å². The summed E-state index contributed by atoms with van der Waals surface area (Å²) in [5, 5.41) is 0. The monoisotopic (exact) mass is 721 g/mol. The fraction of sp³-hybridized carbons (Fsp3) is 0.163. The maximum absolute atomic E-state index is 13.7. The van der Waals surface area contributed by atoms with Crippen molar-refractivity contribution in [3.05, 3.63) is 179 Å². The minimum absolute atomic E-state index is 0.206. The molecule has 11 heteroatoms. The van der Waals surface area contributed by atoms with Gasteiger partial charge in [0.2, 0.25) is 12.5 Å². The maximum Gasteiger partial charge on any atom is 0.336 e. The van der Waals surface area contributed by atoms with E-state index in [0.717, 1.165) is 10.5 Å². The smallest absolute Gasteiger partial charge is 0.336 e. The molecule has 4 amide bonds. The first-order valence-electron chi connectivity index (χ1n) is 17.3. The highest BCUT2D eigenvalue weighted by Crippen LogP contribution is 2.41. The third-order valence-electron chi connectivity index (χ3n) is 9.67. The van der Waals surface area contributed by atoms with E-state index >= 15 is 0 Å². The maximum atomic E-state index is 13.7. The first-order valence-corrected chi connectivity index (χ1v) is 17.3. The summed E-state index contributed by atoms with van der Waals surface area (Å²) < 4.78 is 11.1. The van der Waals surface area contributed by atoms with Gasteiger partial charge in [-0.15, -0.1) is 0 Å². The topological polar surface area (TPSA) is 131 Å². The summed E-state index contributed by atoms with van der Waals surface area (Å²) >= 11 is 0. The van der Waals surface area contributed by atoms with E-state index in [1.54, 1.807) is 110 Å². The Kier molecular flexibility index (Phi) is 9.62. The zero-order chi connectivity index (χ0) is 38.0. The van der Waals surface area contributed by atoms with Gasteiger partial charge in [0.25, 0.3) is 23.6 Å². The van der Waals surface area contributed by atoms with Gasteiger partial charge < -0.3 is 9.47 Å². The number of rotatable bonds is 6. The minimum Gasteiger partial charge on any atom is -0.435 e. The number of ether oxygens (including phenoxy) is 2. The first-order chi connectivity index (χ1) is 26.1. The molecule has 5 aromatic rings. The Labute approximate surface area is 311 Å². The van der Waals surface area contributed by atoms with E-state index in [2.05, 4.69) is 0 Å². The van der Waals surface area contributed by atoms with Gasteiger partial charge in [-0.2, -0.15) is 0 Å². The predicted octanol–water partition coefficient (Wildman–Crippen LogP) is 6.21. The number of cyclic esters (lactones) is 2. The summed E-state index contributed by atoms with van der Waals surface area (Å²) in [6.45, 7) is 2.90. The first kappa shape index (κ1) is 35.5. The second-order valence-electron chi connectivity index (χ2n) is 13.2. The summed E-state index contributed by atoms with van der Waals surface area (Å²) in [4.78, 5) is 81.3. The molecule has 4 unspecified atom stereocenters. The van der Waals surface area contributed by atoms with Crippen molar-refractivity contribution in [2.24, 2.45) is 0 Å². The van der Waals surface area contributed by atoms with Crippen molar-refractivity contribution in [3.8, 4) is 0 Å². The molecular weight excluding hydrogens is 686 g/mol. The van der Waals surface area contributed by atoms with Gasteiger partial charge >= 0.3 is 11.9 Å². The van der Waals surface area contributed by atoms with Crippen LogP contribution in [0.3, 0.4) is 0 Å². The van der Waals surface area contributed by atoms with Crippen LogP contribution in [0.4, 0.5) is 0 Å². The molecule has 3 heterocycles. The molecule has 0 aromatic heterocycles. The number of fused-ring (bicyclic) bond motifs is 1. The molecule has 0 bridgehead atoms. The van der Waals surface area contributed by atoms with Crippen molar-refractivity contribution in [1.29, 1.82) is 0 Å². The Morgan fingerprint density at radius 1 is 0.574 bits per heavy atom. The number of carbonyl (C=O) groups excluding carboxylic acids is 6. The van der Waals surface area contributed by atoms with Crippen molar-refractivity contribution in [1.82, 2.24) is 14.7 Å². The number of hydrogen-bond acceptors (Lipinski definition) is 8. The van der Waals surface area contributed by atoms with Crippen LogP contribution in [0, 0.1) is 0 Å². The molecule has 4 atom stereocenters. The summed E-state index contributed by atoms with van der Waals surface area (Å²) in [6.07, 6.45) is -1.66. The number of hydrogen-bond donors (Lipinski definition) is 0. The normalized spacial score (nSPS) is 21.6. The molecule has 2 fully saturated rings. The van der Waals surface area contributed by atoms with Gasteiger partial charge in [0.1, 0.15) is 6.04 Å². The molecule has 3 aliphatic heterocycles. The van der Waals surface area contributed by atoms with E-state index in [-0.39, 0.29) is 29.5 Å². The van der Waals surface area contributed by atoms with Gasteiger partial charge in [0.05, 0.1) is 17.7 Å². The van der Waals surface area contributed by atoms with Gasteiger partial charge in [-0.1, -0.05) is 109 Å². The van der Waals surface area contributed by atoms with E-state index in [9.17, 15) is 28.8 Å². The molecule has 11 nitrogen and oxygen atoms in total. The Bertz CT molecular complexity index is 2200. The molecule has 3 aliphatic rings. The van der Waals surface area contributed by atoms with Crippen LogP contribution in [0.2, 0.25) is 0 Å². The van der Waals surface area contributed by atoms with E-state index < -0.39 is 47.7 Å². The zero-order valence-electron chi connectivity index (χ0n) is 29.4. The van der Waals surface area contributed by atoms with Crippen LogP contribution in [-0.4, -0.2) is 68.4 Å². The number of carbonyl (C=O) groups is 6. The molecule has 0 N–H and O–H groups in total. The molecule has 0 spiro atoms. The third-order valence-corrected chi connectivity index (χ3v) is 9.67. The number of esters is 2. The van der Waals surface area contributed by atoms with E-state index in [4.69, 9.17) is 9.47 Å². The SMILES string of the molecule is CC1(CN2C(=O)c3ccccc3C2=O)C(=O)OC(c2ccccc2)N1C(=O)c1ccccc1.CC1C(=O)OC(c2ccccc2)N1C(=O)c1ccccc1. The van der Waals surface area contributed by atoms with Crippen LogP contribution >= 0.6 is 0 Å². The fourth-order valence-electron chi connectivity index (χ4n) is 6.80. The van der Waals surface area contributed by atoms with Crippen LogP contribution in [0.15, 0.2) is 146 Å². The standard InChI is InChI=1S/C26H20N2O5.C17H15NO3/c1-26(16-27-22(30)19-14-8-9-15-20(19)23(27)31)25(32)33-24(18-12-6-3-7-13-18)28(26)21(29)17-10-4-2-5-11-17;1-12-17(20)21-16(14-10-6-3-7-11-14)18(12)15(19)13-8-4-2-5-9-13/h2-15,24H,16H2,1H3;2-12,16H,1H3. The van der Waals surface area contributed by atoms with Crippen molar-refractivity contribution in [2.45, 2.75) is 37.9 Å². The molecule has 270 valence electrons. The Morgan fingerprint density at radius 2 is 1.00 bits per heavy atom. The zero-order valence-corrected chi connectivity index (χ0v) is 29.4. The summed E-state index contributed by atoms with van der Waals surface area (Å²) in [5.41, 5.74) is 1.28. The molecule has 0 aliphatic carbocycles. The third kappa shape index (κ3) is 6.40. The average molecular weight is 722 g/mol. The molecule has 0 saturated carbocycles. The Balaban J connectivity index is 0.000000184. The van der Waals surface area contributed by atoms with Crippen LogP contribution in [0.1, 0.15) is 78.9 Å². The molecular formula is C43H35N3O8. The number of benzene rings is 5. The lowest BCUT2D eigenvalue weighted by atomic mass is 9.97. The lowest BCUT2D eigenvalue weighted by Gasteiger charge is -2.35. The second kappa shape index (κ2) is 14.6. The van der Waals surface area contributed by atoms with E-state index in [1.165, 1.54) is 16.7 Å². The summed E-state index contributed by atoms with van der Waals surface area (Å²) in [6, 6.07) is 41.6. The van der Waals surface area contributed by atoms with Gasteiger partial charge in [0.15, 0.2) is 5.54 Å². The summed E-state index contributed by atoms with van der Waals surface area (Å²) in [5.74, 6) is -2.71. The fourth-order valence-corrected chi connectivity index (χ4v) is 6.80. The quantitative estimate of drug-likeness (QED) is 0.150. The molecule has 54 heavy (non-hydrogen) atoms. The molecule has 2 saturated heterocycles. The lowest BCUT2D eigenvalue weighted by Crippen LogP contribution is -2.57. The average Bonchev–Trinajstić information content (AvgIpc) is 3.76. The highest BCUT2D eigenvalue weighted by atomic mass is 16.6. The van der Waals surface area contributed by atoms with Crippen LogP contribution in [-0.2, 0) is 19.1 Å². The predicted molar refractivity (Wildman–Crippen MR) is 195 cm³/mol. The second-order valence-corrected chi connectivity index (χ2v) is 13.2. The molecule has 0 radical (unpaired) electrons. The van der Waals surface area contributed by atoms with Crippen molar-refractivity contribution in [2.75, 3.05) is 6.54 Å². The number of amides is 4. The van der Waals surface area contributed by atoms with Gasteiger partial charge in [-0.3, -0.25) is 33.9 Å². The summed E-state index contributed by atoms with van der Waals surface area (Å²) in [7, 11) is 0.